The monoisotopic (exact) mass is 539 g/mol. The number of amides is 1. The number of carbonyl (C=O) groups excluding carboxylic acids is 1. The summed E-state index contributed by atoms with van der Waals surface area (Å²) in [5, 5.41) is 26.1. The van der Waals surface area contributed by atoms with Gasteiger partial charge >= 0.3 is 0 Å². The Balaban J connectivity index is 1.88. The Labute approximate surface area is 209 Å². The second kappa shape index (κ2) is 8.35. The maximum atomic E-state index is 12.9. The highest BCUT2D eigenvalue weighted by atomic mass is 79.9. The first-order chi connectivity index (χ1) is 16.8. The number of aromatic hydroxyl groups is 1. The van der Waals surface area contributed by atoms with Crippen LogP contribution in [-0.4, -0.2) is 30.3 Å². The number of hydrogen-bond donors (Lipinski definition) is 2. The molecular formula is C26H22BrNO7. The van der Waals surface area contributed by atoms with Crippen LogP contribution in [0.1, 0.15) is 29.0 Å². The Kier molecular flexibility index (Phi) is 5.56. The normalized spacial score (nSPS) is 26.4. The largest absolute Gasteiger partial charge is 0.502 e. The van der Waals surface area contributed by atoms with Gasteiger partial charge in [-0.2, -0.15) is 0 Å². The summed E-state index contributed by atoms with van der Waals surface area (Å²) < 4.78 is 18.3. The summed E-state index contributed by atoms with van der Waals surface area (Å²) in [6.45, 7) is 0. The van der Waals surface area contributed by atoms with Crippen LogP contribution in [-0.2, 0) is 16.0 Å². The number of carbonyl (C=O) groups is 1. The molecule has 9 heteroatoms. The van der Waals surface area contributed by atoms with E-state index < -0.39 is 28.9 Å². The van der Waals surface area contributed by atoms with Gasteiger partial charge in [-0.25, -0.2) is 0 Å². The van der Waals surface area contributed by atoms with Crippen molar-refractivity contribution in [1.82, 2.24) is 0 Å². The average Bonchev–Trinajstić information content (AvgIpc) is 3.28. The molecular weight excluding hydrogens is 518 g/mol. The Morgan fingerprint density at radius 1 is 1.11 bits per heavy atom. The number of benzene rings is 3. The lowest BCUT2D eigenvalue weighted by molar-refractivity contribution is -0.122. The number of hydrogen-bond acceptors (Lipinski definition) is 7. The van der Waals surface area contributed by atoms with Crippen LogP contribution in [0.4, 0.5) is 0 Å². The number of halogens is 1. The quantitative estimate of drug-likeness (QED) is 0.449. The fourth-order valence-corrected chi connectivity index (χ4v) is 6.03. The topological polar surface area (TPSA) is 115 Å². The first kappa shape index (κ1) is 23.3. The molecule has 1 aliphatic heterocycles. The van der Waals surface area contributed by atoms with Crippen LogP contribution in [0.5, 0.6) is 23.0 Å². The average molecular weight is 540 g/mol. The predicted octanol–water partition coefficient (Wildman–Crippen LogP) is 4.74. The van der Waals surface area contributed by atoms with Crippen molar-refractivity contribution in [1.29, 1.82) is 0 Å². The highest BCUT2D eigenvalue weighted by Crippen LogP contribution is 2.71. The van der Waals surface area contributed by atoms with E-state index in [-0.39, 0.29) is 35.0 Å². The molecule has 1 saturated carbocycles. The maximum absolute atomic E-state index is 12.9. The molecule has 4 atom stereocenters. The van der Waals surface area contributed by atoms with Crippen molar-refractivity contribution in [2.45, 2.75) is 23.5 Å². The first-order valence-electron chi connectivity index (χ1n) is 10.9. The third kappa shape index (κ3) is 3.11. The van der Waals surface area contributed by atoms with E-state index in [0.29, 0.717) is 11.1 Å². The van der Waals surface area contributed by atoms with Crippen LogP contribution in [0.2, 0.25) is 0 Å². The van der Waals surface area contributed by atoms with Crippen LogP contribution in [0, 0.1) is 10.8 Å². The van der Waals surface area contributed by atoms with Crippen molar-refractivity contribution < 1.29 is 29.2 Å². The molecule has 8 nitrogen and oxygen atoms in total. The summed E-state index contributed by atoms with van der Waals surface area (Å²) in [6.07, 6.45) is -0.178. The third-order valence-electron chi connectivity index (χ3n) is 7.10. The fraction of sp³-hybridized carbons (Fsp3) is 0.269. The van der Waals surface area contributed by atoms with E-state index in [0.717, 1.165) is 4.47 Å². The number of ether oxygens (including phenoxy) is 3. The molecule has 2 N–H and O–H groups in total. The van der Waals surface area contributed by atoms with Gasteiger partial charge in [0.05, 0.1) is 25.7 Å². The first-order valence-corrected chi connectivity index (χ1v) is 11.7. The van der Waals surface area contributed by atoms with Gasteiger partial charge in [-0.3, -0.25) is 4.79 Å². The number of fused-ring (bicyclic) bond motifs is 3. The molecule has 3 aromatic carbocycles. The SMILES string of the molecule is COc1cc2c(c(OC)c1O)C1(O)CC(C(=O)N=O)C(c3ccccc3)C1(c1ccc(Br)cc1)O2. The second-order valence-electron chi connectivity index (χ2n) is 8.67. The van der Waals surface area contributed by atoms with Gasteiger partial charge in [0, 0.05) is 21.6 Å². The summed E-state index contributed by atoms with van der Waals surface area (Å²) in [5.74, 6) is -2.66. The van der Waals surface area contributed by atoms with Crippen molar-refractivity contribution in [3.63, 3.8) is 0 Å². The molecule has 1 amide bonds. The van der Waals surface area contributed by atoms with Gasteiger partial charge < -0.3 is 24.4 Å². The number of nitrogens with zero attached hydrogens (tertiary/aromatic N) is 1. The van der Waals surface area contributed by atoms with Gasteiger partial charge in [0.25, 0.3) is 5.91 Å². The van der Waals surface area contributed by atoms with E-state index in [1.165, 1.54) is 20.3 Å². The van der Waals surface area contributed by atoms with Crippen molar-refractivity contribution in [3.8, 4) is 23.0 Å². The van der Waals surface area contributed by atoms with Crippen molar-refractivity contribution >= 4 is 21.8 Å². The molecule has 1 heterocycles. The van der Waals surface area contributed by atoms with Crippen LogP contribution in [0.25, 0.3) is 0 Å². The van der Waals surface area contributed by atoms with E-state index in [2.05, 4.69) is 21.1 Å². The molecule has 0 aromatic heterocycles. The number of rotatable bonds is 5. The fourth-order valence-electron chi connectivity index (χ4n) is 5.77. The van der Waals surface area contributed by atoms with Gasteiger partial charge in [0.15, 0.2) is 17.1 Å². The molecule has 180 valence electrons. The van der Waals surface area contributed by atoms with Crippen molar-refractivity contribution in [3.05, 3.63) is 86.7 Å². The molecule has 2 aliphatic rings. The predicted molar refractivity (Wildman–Crippen MR) is 130 cm³/mol. The zero-order valence-corrected chi connectivity index (χ0v) is 20.5. The van der Waals surface area contributed by atoms with Gasteiger partial charge in [0.2, 0.25) is 5.75 Å². The van der Waals surface area contributed by atoms with Crippen LogP contribution >= 0.6 is 15.9 Å². The Morgan fingerprint density at radius 3 is 2.40 bits per heavy atom. The highest BCUT2D eigenvalue weighted by molar-refractivity contribution is 9.10. The molecule has 1 fully saturated rings. The third-order valence-corrected chi connectivity index (χ3v) is 7.63. The zero-order valence-electron chi connectivity index (χ0n) is 18.9. The molecule has 0 bridgehead atoms. The molecule has 0 spiro atoms. The summed E-state index contributed by atoms with van der Waals surface area (Å²) in [4.78, 5) is 24.4. The summed E-state index contributed by atoms with van der Waals surface area (Å²) in [7, 11) is 2.75. The van der Waals surface area contributed by atoms with Crippen LogP contribution in [0.3, 0.4) is 0 Å². The van der Waals surface area contributed by atoms with Crippen LogP contribution in [0.15, 0.2) is 70.3 Å². The Hall–Kier alpha value is -3.43. The van der Waals surface area contributed by atoms with Crippen molar-refractivity contribution in [2.24, 2.45) is 11.1 Å². The van der Waals surface area contributed by atoms with Gasteiger partial charge in [-0.15, -0.1) is 4.91 Å². The van der Waals surface area contributed by atoms with E-state index in [1.807, 2.05) is 30.3 Å². The summed E-state index contributed by atoms with van der Waals surface area (Å²) in [6, 6.07) is 17.8. The lowest BCUT2D eigenvalue weighted by Crippen LogP contribution is -2.48. The zero-order chi connectivity index (χ0) is 25.0. The Morgan fingerprint density at radius 2 is 1.80 bits per heavy atom. The molecule has 35 heavy (non-hydrogen) atoms. The smallest absolute Gasteiger partial charge is 0.290 e. The minimum absolute atomic E-state index is 0.0280. The lowest BCUT2D eigenvalue weighted by Gasteiger charge is -2.40. The molecule has 0 radical (unpaired) electrons. The molecule has 0 saturated heterocycles. The van der Waals surface area contributed by atoms with E-state index in [9.17, 15) is 19.9 Å². The summed E-state index contributed by atoms with van der Waals surface area (Å²) in [5.41, 5.74) is -1.96. The number of nitroso groups, excluding NO2 is 1. The van der Waals surface area contributed by atoms with E-state index in [4.69, 9.17) is 14.2 Å². The molecule has 3 aromatic rings. The van der Waals surface area contributed by atoms with E-state index >= 15 is 0 Å². The molecule has 4 unspecified atom stereocenters. The van der Waals surface area contributed by atoms with E-state index in [1.54, 1.807) is 24.3 Å². The number of aliphatic hydroxyl groups is 1. The second-order valence-corrected chi connectivity index (χ2v) is 9.58. The lowest BCUT2D eigenvalue weighted by atomic mass is 9.70. The van der Waals surface area contributed by atoms with Gasteiger partial charge in [0.1, 0.15) is 11.4 Å². The minimum Gasteiger partial charge on any atom is -0.502 e. The minimum atomic E-state index is -1.86. The standard InChI is InChI=1S/C26H22BrNO7/c1-33-19-12-18-21(23(34-2)22(19)29)25(31)13-17(24(30)28-32)20(14-6-4-3-5-7-14)26(25,35-18)15-8-10-16(27)11-9-15/h3-12,17,20,29,31H,13H2,1-2H3. The Bertz CT molecular complexity index is 1310. The van der Waals surface area contributed by atoms with Crippen molar-refractivity contribution in [2.75, 3.05) is 14.2 Å². The number of methoxy groups -OCH3 is 2. The highest BCUT2D eigenvalue weighted by Gasteiger charge is 2.74. The number of phenolic OH excluding ortho intramolecular Hbond substituents is 1. The van der Waals surface area contributed by atoms with Crippen LogP contribution < -0.4 is 14.2 Å². The molecule has 5 rings (SSSR count). The van der Waals surface area contributed by atoms with Gasteiger partial charge in [-0.05, 0) is 29.7 Å². The molecule has 1 aliphatic carbocycles. The number of phenols is 1. The maximum Gasteiger partial charge on any atom is 0.290 e. The summed E-state index contributed by atoms with van der Waals surface area (Å²) >= 11 is 3.44. The van der Waals surface area contributed by atoms with Gasteiger partial charge in [-0.1, -0.05) is 58.4 Å².